The average Bonchev–Trinajstić information content (AvgIpc) is 3.42. The van der Waals surface area contributed by atoms with Crippen molar-refractivity contribution in [2.75, 3.05) is 31.1 Å². The topological polar surface area (TPSA) is 34.2 Å². The van der Waals surface area contributed by atoms with Gasteiger partial charge in [-0.1, -0.05) is 98.8 Å². The van der Waals surface area contributed by atoms with Crippen molar-refractivity contribution >= 4 is 5.69 Å². The number of fused-ring (bicyclic) bond motifs is 1. The largest absolute Gasteiger partial charge is 0.492 e. The summed E-state index contributed by atoms with van der Waals surface area (Å²) in [5.41, 5.74) is 7.43. The van der Waals surface area contributed by atoms with Crippen LogP contribution in [0, 0.1) is 5.92 Å². The van der Waals surface area contributed by atoms with Crippen molar-refractivity contribution in [2.24, 2.45) is 5.92 Å². The summed E-state index contributed by atoms with van der Waals surface area (Å²) >= 11 is 0. The molecular weight excluding hydrogens is 604 g/mol. The maximum Gasteiger partial charge on any atom is 0.120 e. The first kappa shape index (κ1) is 32.8. The molecule has 2 atom stereocenters. The SMILES string of the molecule is CC1CCN(CCOc2ccc(CN3c4ccc(OCc5ccccc5)cc4C(C)C3c3ccc(OCc4ccccc4)cc3)cc2)CC1. The van der Waals surface area contributed by atoms with E-state index in [1.165, 1.54) is 53.9 Å². The summed E-state index contributed by atoms with van der Waals surface area (Å²) in [6.45, 7) is 10.7. The zero-order chi connectivity index (χ0) is 33.4. The van der Waals surface area contributed by atoms with Gasteiger partial charge in [0.25, 0.3) is 0 Å². The second kappa shape index (κ2) is 15.7. The van der Waals surface area contributed by atoms with Gasteiger partial charge >= 0.3 is 0 Å². The maximum atomic E-state index is 6.28. The standard InChI is InChI=1S/C44H48N2O3/c1-33-23-25-45(26-24-33)27-28-47-39-17-13-35(14-18-39)30-46-43-22-21-41(49-32-37-11-7-4-8-12-37)29-42(43)34(2)44(46)38-15-19-40(20-16-38)48-31-36-9-5-3-6-10-36/h3-22,29,33-34,44H,23-28,30-32H2,1-2H3. The van der Waals surface area contributed by atoms with Gasteiger partial charge in [-0.2, -0.15) is 0 Å². The smallest absolute Gasteiger partial charge is 0.120 e. The molecule has 0 bridgehead atoms. The lowest BCUT2D eigenvalue weighted by atomic mass is 9.91. The third-order valence-corrected chi connectivity index (χ3v) is 10.2. The lowest BCUT2D eigenvalue weighted by Crippen LogP contribution is -2.35. The number of ether oxygens (including phenoxy) is 3. The van der Waals surface area contributed by atoms with Gasteiger partial charge in [0.15, 0.2) is 0 Å². The zero-order valence-corrected chi connectivity index (χ0v) is 28.8. The quantitative estimate of drug-likeness (QED) is 0.127. The van der Waals surface area contributed by atoms with E-state index in [4.69, 9.17) is 14.2 Å². The summed E-state index contributed by atoms with van der Waals surface area (Å²) in [5.74, 6) is 3.84. The lowest BCUT2D eigenvalue weighted by Gasteiger charge is -2.30. The highest BCUT2D eigenvalue weighted by molar-refractivity contribution is 5.65. The second-order valence-corrected chi connectivity index (χ2v) is 13.7. The predicted octanol–water partition coefficient (Wildman–Crippen LogP) is 9.82. The van der Waals surface area contributed by atoms with Gasteiger partial charge in [-0.3, -0.25) is 4.90 Å². The highest BCUT2D eigenvalue weighted by Crippen LogP contribution is 2.50. The maximum absolute atomic E-state index is 6.28. The van der Waals surface area contributed by atoms with E-state index >= 15 is 0 Å². The first-order valence-corrected chi connectivity index (χ1v) is 17.9. The van der Waals surface area contributed by atoms with Gasteiger partial charge in [0.2, 0.25) is 0 Å². The molecule has 2 unspecified atom stereocenters. The number of rotatable bonds is 13. The second-order valence-electron chi connectivity index (χ2n) is 13.7. The minimum absolute atomic E-state index is 0.172. The molecule has 5 aromatic rings. The Kier molecular flexibility index (Phi) is 10.5. The molecule has 1 fully saturated rings. The van der Waals surface area contributed by atoms with Crippen molar-refractivity contribution < 1.29 is 14.2 Å². The number of anilines is 1. The van der Waals surface area contributed by atoms with Crippen LogP contribution in [0.15, 0.2) is 127 Å². The highest BCUT2D eigenvalue weighted by atomic mass is 16.5. The summed E-state index contributed by atoms with van der Waals surface area (Å²) in [7, 11) is 0. The number of likely N-dealkylation sites (tertiary alicyclic amines) is 1. The first-order chi connectivity index (χ1) is 24.1. The summed E-state index contributed by atoms with van der Waals surface area (Å²) in [4.78, 5) is 5.08. The summed E-state index contributed by atoms with van der Waals surface area (Å²) in [5, 5.41) is 0. The van der Waals surface area contributed by atoms with Crippen LogP contribution in [0.4, 0.5) is 5.69 Å². The monoisotopic (exact) mass is 652 g/mol. The Morgan fingerprint density at radius 3 is 1.82 bits per heavy atom. The molecule has 0 aliphatic carbocycles. The molecule has 5 heteroatoms. The van der Waals surface area contributed by atoms with Gasteiger partial charge in [-0.15, -0.1) is 0 Å². The highest BCUT2D eigenvalue weighted by Gasteiger charge is 2.37. The number of hydrogen-bond acceptors (Lipinski definition) is 5. The zero-order valence-electron chi connectivity index (χ0n) is 28.8. The van der Waals surface area contributed by atoms with E-state index in [9.17, 15) is 0 Å². The Morgan fingerprint density at radius 1 is 0.592 bits per heavy atom. The Bertz CT molecular complexity index is 1750. The van der Waals surface area contributed by atoms with Crippen LogP contribution in [0.5, 0.6) is 17.2 Å². The molecule has 0 spiro atoms. The van der Waals surface area contributed by atoms with Gasteiger partial charge in [0.1, 0.15) is 37.1 Å². The van der Waals surface area contributed by atoms with E-state index in [0.717, 1.165) is 48.4 Å². The Labute approximate surface area is 292 Å². The Morgan fingerprint density at radius 2 is 1.16 bits per heavy atom. The lowest BCUT2D eigenvalue weighted by molar-refractivity contribution is 0.160. The minimum atomic E-state index is 0.172. The number of hydrogen-bond donors (Lipinski definition) is 0. The molecule has 49 heavy (non-hydrogen) atoms. The molecule has 7 rings (SSSR count). The third kappa shape index (κ3) is 8.29. The summed E-state index contributed by atoms with van der Waals surface area (Å²) in [6, 6.07) is 44.8. The van der Waals surface area contributed by atoms with Crippen LogP contribution < -0.4 is 19.1 Å². The summed E-state index contributed by atoms with van der Waals surface area (Å²) in [6.07, 6.45) is 2.59. The van der Waals surface area contributed by atoms with E-state index < -0.39 is 0 Å². The number of piperidine rings is 1. The van der Waals surface area contributed by atoms with Crippen LogP contribution in [0.25, 0.3) is 0 Å². The fourth-order valence-corrected chi connectivity index (χ4v) is 7.20. The van der Waals surface area contributed by atoms with Gasteiger partial charge in [-0.25, -0.2) is 0 Å². The van der Waals surface area contributed by atoms with Gasteiger partial charge in [0.05, 0.1) is 6.04 Å². The fraction of sp³-hybridized carbons (Fsp3) is 0.318. The van der Waals surface area contributed by atoms with Crippen molar-refractivity contribution in [1.82, 2.24) is 4.90 Å². The first-order valence-electron chi connectivity index (χ1n) is 17.9. The molecule has 1 saturated heterocycles. The molecule has 252 valence electrons. The Balaban J connectivity index is 1.06. The van der Waals surface area contributed by atoms with E-state index in [2.05, 4.69) is 127 Å². The molecule has 5 aromatic carbocycles. The van der Waals surface area contributed by atoms with Gasteiger partial charge in [0, 0.05) is 24.7 Å². The molecule has 2 heterocycles. The van der Waals surface area contributed by atoms with E-state index in [-0.39, 0.29) is 12.0 Å². The van der Waals surface area contributed by atoms with Crippen molar-refractivity contribution in [3.63, 3.8) is 0 Å². The molecule has 2 aliphatic rings. The average molecular weight is 653 g/mol. The molecule has 0 radical (unpaired) electrons. The number of nitrogens with zero attached hydrogens (tertiary/aromatic N) is 2. The van der Waals surface area contributed by atoms with Crippen LogP contribution >= 0.6 is 0 Å². The van der Waals surface area contributed by atoms with Crippen LogP contribution in [-0.4, -0.2) is 31.1 Å². The van der Waals surface area contributed by atoms with Crippen molar-refractivity contribution in [1.29, 1.82) is 0 Å². The predicted molar refractivity (Wildman–Crippen MR) is 199 cm³/mol. The van der Waals surface area contributed by atoms with E-state index in [1.54, 1.807) is 0 Å². The normalized spacial score (nSPS) is 17.9. The molecule has 0 amide bonds. The fourth-order valence-electron chi connectivity index (χ4n) is 7.20. The van der Waals surface area contributed by atoms with E-state index in [0.29, 0.717) is 13.2 Å². The van der Waals surface area contributed by atoms with Crippen LogP contribution in [-0.2, 0) is 19.8 Å². The molecule has 5 nitrogen and oxygen atoms in total. The van der Waals surface area contributed by atoms with Crippen LogP contribution in [0.1, 0.15) is 66.5 Å². The van der Waals surface area contributed by atoms with E-state index in [1.807, 2.05) is 24.3 Å². The number of benzene rings is 5. The third-order valence-electron chi connectivity index (χ3n) is 10.2. The van der Waals surface area contributed by atoms with Gasteiger partial charge in [-0.05, 0) is 102 Å². The van der Waals surface area contributed by atoms with Crippen molar-refractivity contribution in [2.45, 2.75) is 58.4 Å². The van der Waals surface area contributed by atoms with Crippen LogP contribution in [0.3, 0.4) is 0 Å². The molecule has 0 aromatic heterocycles. The Hall–Kier alpha value is -4.74. The van der Waals surface area contributed by atoms with Crippen LogP contribution in [0.2, 0.25) is 0 Å². The molecular formula is C44H48N2O3. The van der Waals surface area contributed by atoms with Crippen molar-refractivity contribution in [3.8, 4) is 17.2 Å². The van der Waals surface area contributed by atoms with Gasteiger partial charge < -0.3 is 19.1 Å². The molecule has 0 N–H and O–H groups in total. The minimum Gasteiger partial charge on any atom is -0.492 e. The molecule has 0 saturated carbocycles. The molecule has 2 aliphatic heterocycles. The summed E-state index contributed by atoms with van der Waals surface area (Å²) < 4.78 is 18.6. The van der Waals surface area contributed by atoms with Crippen molar-refractivity contribution in [3.05, 3.63) is 155 Å².